The first-order chi connectivity index (χ1) is 3.91. The Bertz CT molecular complexity index is 134. The Morgan fingerprint density at radius 2 is 2.00 bits per heavy atom. The molecule has 0 nitrogen and oxygen atoms in total. The number of hydrogen-bond donors (Lipinski definition) is 0. The van der Waals surface area contributed by atoms with Crippen LogP contribution in [-0.4, -0.2) is 36.9 Å². The van der Waals surface area contributed by atoms with Gasteiger partial charge in [-0.3, -0.25) is 0 Å². The minimum absolute atomic E-state index is 0.00110. The molecule has 4 heteroatoms. The van der Waals surface area contributed by atoms with Crippen molar-refractivity contribution in [1.29, 1.82) is 0 Å². The van der Waals surface area contributed by atoms with Crippen molar-refractivity contribution in [2.75, 3.05) is 0 Å². The quantitative estimate of drug-likeness (QED) is 0.215. The van der Waals surface area contributed by atoms with Crippen LogP contribution in [0.4, 0.5) is 0 Å². The van der Waals surface area contributed by atoms with Crippen LogP contribution >= 0.6 is 0 Å². The fourth-order valence-electron chi connectivity index (χ4n) is 0.348. The van der Waals surface area contributed by atoms with Crippen molar-refractivity contribution in [2.45, 2.75) is 0 Å². The van der Waals surface area contributed by atoms with E-state index in [1.54, 1.807) is 0 Å². The van der Waals surface area contributed by atoms with E-state index >= 15 is 0 Å². The summed E-state index contributed by atoms with van der Waals surface area (Å²) in [5.41, 5.74) is 9.23. The Morgan fingerprint density at radius 3 is 2.50 bits per heavy atom. The van der Waals surface area contributed by atoms with Crippen LogP contribution in [0.25, 0.3) is 0 Å². The van der Waals surface area contributed by atoms with Gasteiger partial charge < -0.3 is 0 Å². The molecule has 0 N–H and O–H groups in total. The summed E-state index contributed by atoms with van der Waals surface area (Å²) in [5, 5.41) is 0. The molecule has 0 saturated carbocycles. The third-order valence-electron chi connectivity index (χ3n) is 0.696. The van der Waals surface area contributed by atoms with E-state index in [2.05, 4.69) is 16.6 Å². The summed E-state index contributed by atoms with van der Waals surface area (Å²) >= 11 is 0. The average Bonchev–Trinajstić information content (AvgIpc) is 1.81. The van der Waals surface area contributed by atoms with Crippen molar-refractivity contribution < 1.29 is 0 Å². The first-order valence-corrected chi connectivity index (χ1v) is 14.6. The summed E-state index contributed by atoms with van der Waals surface area (Å²) in [5.74, 6) is 0. The van der Waals surface area contributed by atoms with E-state index in [4.69, 9.17) is 6.42 Å². The van der Waals surface area contributed by atoms with E-state index in [0.717, 1.165) is 0 Å². The molecular weight excluding hydrogens is 160 g/mol. The average molecular weight is 170 g/mol. The smallest absolute Gasteiger partial charge is 0.106 e. The molecule has 0 aliphatic carbocycles. The topological polar surface area (TPSA) is 0 Å². The zero-order valence-electron chi connectivity index (χ0n) is 5.20. The second kappa shape index (κ2) is 6.99. The fraction of sp³-hybridized carbons (Fsp3) is 0. The summed E-state index contributed by atoms with van der Waals surface area (Å²) in [6, 6.07) is 0. The molecule has 0 aromatic rings. The van der Waals surface area contributed by atoms with Crippen molar-refractivity contribution in [3.05, 3.63) is 0 Å². The van der Waals surface area contributed by atoms with Gasteiger partial charge in [0.05, 0.1) is 9.04 Å². The fourth-order valence-corrected chi connectivity index (χ4v) is 6.97. The molecule has 0 bridgehead atoms. The second-order valence-corrected chi connectivity index (χ2v) is 9.36. The molecule has 0 saturated heterocycles. The monoisotopic (exact) mass is 170 g/mol. The molecule has 8 heavy (non-hydrogen) atoms. The van der Waals surface area contributed by atoms with Gasteiger partial charge >= 0.3 is 0 Å². The normalized spacial score (nSPS) is 11.4. The van der Waals surface area contributed by atoms with Crippen LogP contribution in [0.5, 0.6) is 0 Å². The lowest BCUT2D eigenvalue weighted by Gasteiger charge is -1.71. The van der Waals surface area contributed by atoms with Crippen molar-refractivity contribution in [3.8, 4) is 23.1 Å². The molecule has 42 valence electrons. The molecular formula is C4H10Si4. The van der Waals surface area contributed by atoms with Gasteiger partial charge in [-0.15, -0.1) is 12.0 Å². The van der Waals surface area contributed by atoms with Crippen molar-refractivity contribution >= 4 is 36.9 Å². The standard InChI is InChI=1S/C4H10Si4/c1-2-7-8-4-3-6-5/h1H,6-8H2,5H3. The number of terminal acetylenes is 1. The van der Waals surface area contributed by atoms with Gasteiger partial charge in [-0.2, -0.15) is 11.1 Å². The second-order valence-electron chi connectivity index (χ2n) is 1.41. The third-order valence-corrected chi connectivity index (χ3v) is 6.27. The van der Waals surface area contributed by atoms with E-state index in [9.17, 15) is 0 Å². The van der Waals surface area contributed by atoms with Gasteiger partial charge in [0, 0.05) is 9.76 Å². The zero-order chi connectivity index (χ0) is 6.24. The molecule has 0 unspecified atom stereocenters. The highest BCUT2D eigenvalue weighted by atomic mass is 29.1. The third kappa shape index (κ3) is 5.99. The van der Waals surface area contributed by atoms with E-state index < -0.39 is 0 Å². The van der Waals surface area contributed by atoms with Gasteiger partial charge in [0.1, 0.15) is 18.1 Å². The van der Waals surface area contributed by atoms with E-state index in [-0.39, 0.29) is 27.1 Å². The molecule has 0 aromatic carbocycles. The lowest BCUT2D eigenvalue weighted by atomic mass is 11.4. The van der Waals surface area contributed by atoms with Crippen LogP contribution in [0, 0.1) is 23.1 Å². The summed E-state index contributed by atoms with van der Waals surface area (Å²) in [6.07, 6.45) is 5.11. The highest BCUT2D eigenvalue weighted by Gasteiger charge is 1.73. The molecule has 0 amide bonds. The summed E-state index contributed by atoms with van der Waals surface area (Å²) in [7, 11) is 1.44. The van der Waals surface area contributed by atoms with Crippen molar-refractivity contribution in [2.24, 2.45) is 0 Å². The minimum atomic E-state index is -0.0679. The maximum atomic E-state index is 5.11. The Balaban J connectivity index is 3.06. The number of rotatable bonds is 1. The Morgan fingerprint density at radius 1 is 1.25 bits per heavy atom. The van der Waals surface area contributed by atoms with Crippen LogP contribution in [0.3, 0.4) is 0 Å². The Labute approximate surface area is 60.3 Å². The molecule has 0 radical (unpaired) electrons. The van der Waals surface area contributed by atoms with Crippen LogP contribution in [-0.2, 0) is 0 Å². The molecule has 0 aliphatic rings. The molecule has 0 spiro atoms. The lowest BCUT2D eigenvalue weighted by Crippen LogP contribution is -1.97. The van der Waals surface area contributed by atoms with Crippen molar-refractivity contribution in [3.63, 3.8) is 0 Å². The van der Waals surface area contributed by atoms with E-state index in [1.165, 1.54) is 9.76 Å². The predicted molar refractivity (Wildman–Crippen MR) is 52.2 cm³/mol. The van der Waals surface area contributed by atoms with Gasteiger partial charge in [-0.05, 0) is 0 Å². The highest BCUT2D eigenvalue weighted by molar-refractivity contribution is 7.09. The maximum Gasteiger partial charge on any atom is 0.106 e. The minimum Gasteiger partial charge on any atom is -0.152 e. The lowest BCUT2D eigenvalue weighted by molar-refractivity contribution is 2.88. The van der Waals surface area contributed by atoms with Gasteiger partial charge in [0.2, 0.25) is 0 Å². The molecule has 0 aliphatic heterocycles. The Hall–Kier alpha value is -0.0125. The summed E-state index contributed by atoms with van der Waals surface area (Å²) < 4.78 is 0. The predicted octanol–water partition coefficient (Wildman–Crippen LogP) is -3.80. The first-order valence-electron chi connectivity index (χ1n) is 2.81. The van der Waals surface area contributed by atoms with Crippen LogP contribution < -0.4 is 0 Å². The molecule has 0 atom stereocenters. The highest BCUT2D eigenvalue weighted by Crippen LogP contribution is 1.50. The largest absolute Gasteiger partial charge is 0.152 e. The summed E-state index contributed by atoms with van der Waals surface area (Å²) in [4.78, 5) is 0. The van der Waals surface area contributed by atoms with Crippen LogP contribution in [0.2, 0.25) is 0 Å². The van der Waals surface area contributed by atoms with Gasteiger partial charge in [-0.25, -0.2) is 0 Å². The van der Waals surface area contributed by atoms with Crippen molar-refractivity contribution in [1.82, 2.24) is 0 Å². The van der Waals surface area contributed by atoms with Gasteiger partial charge in [0.25, 0.3) is 0 Å². The zero-order valence-corrected chi connectivity index (χ0v) is 11.4. The van der Waals surface area contributed by atoms with Gasteiger partial charge in [-0.1, -0.05) is 0 Å². The molecule has 0 heterocycles. The molecule has 0 aromatic heterocycles. The molecule has 0 rings (SSSR count). The SMILES string of the molecule is C#C[SiH2][SiH2]C#C[SiH2][SiH3]. The van der Waals surface area contributed by atoms with Crippen LogP contribution in [0.15, 0.2) is 0 Å². The van der Waals surface area contributed by atoms with Gasteiger partial charge in [0.15, 0.2) is 0 Å². The first kappa shape index (κ1) is 7.99. The Kier molecular flexibility index (Phi) is 6.98. The van der Waals surface area contributed by atoms with E-state index in [0.29, 0.717) is 0 Å². The summed E-state index contributed by atoms with van der Waals surface area (Å²) in [6.45, 7) is 0. The van der Waals surface area contributed by atoms with Crippen LogP contribution in [0.1, 0.15) is 0 Å². The molecule has 0 fully saturated rings. The maximum absolute atomic E-state index is 5.11. The number of hydrogen-bond acceptors (Lipinski definition) is 0. The van der Waals surface area contributed by atoms with E-state index in [1.807, 2.05) is 0 Å².